The van der Waals surface area contributed by atoms with E-state index < -0.39 is 17.8 Å². The van der Waals surface area contributed by atoms with Crippen LogP contribution in [0.3, 0.4) is 0 Å². The molecular formula is C15H20ClF3N2O2. The lowest BCUT2D eigenvalue weighted by atomic mass is 10.0. The van der Waals surface area contributed by atoms with Crippen molar-refractivity contribution in [1.82, 2.24) is 10.2 Å². The molecule has 2 rings (SSSR count). The number of hydrogen-bond donors (Lipinski definition) is 1. The molecule has 1 aromatic rings. The molecule has 1 unspecified atom stereocenters. The number of benzene rings is 1. The number of nitrogens with one attached hydrogen (secondary N) is 1. The molecule has 0 spiro atoms. The number of carbonyl (C=O) groups excluding carboxylic acids is 1. The van der Waals surface area contributed by atoms with Gasteiger partial charge < -0.3 is 15.0 Å². The molecule has 1 aliphatic heterocycles. The van der Waals surface area contributed by atoms with Crippen molar-refractivity contribution in [2.75, 3.05) is 33.3 Å². The van der Waals surface area contributed by atoms with Gasteiger partial charge in [-0.2, -0.15) is 13.2 Å². The maximum Gasteiger partial charge on any atom is 0.416 e. The number of alkyl halides is 3. The summed E-state index contributed by atoms with van der Waals surface area (Å²) < 4.78 is 43.8. The normalized spacial score (nSPS) is 18.4. The fourth-order valence-electron chi connectivity index (χ4n) is 2.38. The standard InChI is InChI=1S/C15H19F3N2O2.ClH/c1-19-6-5-14(21)20-7-8-22-13(10-20)11-3-2-4-12(9-11)15(16,17)18;/h2-4,9,13,19H,5-8,10H2,1H3;1H. The fraction of sp³-hybridized carbons (Fsp3) is 0.533. The average Bonchev–Trinajstić information content (AvgIpc) is 2.52. The summed E-state index contributed by atoms with van der Waals surface area (Å²) in [6.07, 6.45) is -4.53. The molecule has 0 aromatic heterocycles. The van der Waals surface area contributed by atoms with Crippen LogP contribution in [0.5, 0.6) is 0 Å². The van der Waals surface area contributed by atoms with Crippen molar-refractivity contribution in [3.05, 3.63) is 35.4 Å². The Morgan fingerprint density at radius 2 is 2.17 bits per heavy atom. The van der Waals surface area contributed by atoms with Gasteiger partial charge in [0, 0.05) is 19.5 Å². The molecule has 1 fully saturated rings. The minimum absolute atomic E-state index is 0. The molecule has 1 atom stereocenters. The zero-order valence-electron chi connectivity index (χ0n) is 12.7. The lowest BCUT2D eigenvalue weighted by molar-refractivity contribution is -0.140. The van der Waals surface area contributed by atoms with Crippen molar-refractivity contribution in [3.63, 3.8) is 0 Å². The SMILES string of the molecule is CNCCC(=O)N1CCOC(c2cccc(C(F)(F)F)c2)C1.Cl. The smallest absolute Gasteiger partial charge is 0.370 e. The van der Waals surface area contributed by atoms with Gasteiger partial charge in [0.25, 0.3) is 0 Å². The van der Waals surface area contributed by atoms with Crippen LogP contribution in [-0.2, 0) is 15.7 Å². The van der Waals surface area contributed by atoms with Crippen molar-refractivity contribution in [1.29, 1.82) is 0 Å². The van der Waals surface area contributed by atoms with Crippen molar-refractivity contribution in [2.45, 2.75) is 18.7 Å². The fourth-order valence-corrected chi connectivity index (χ4v) is 2.38. The Kier molecular flexibility index (Phi) is 7.31. The Bertz CT molecular complexity index is 526. The van der Waals surface area contributed by atoms with Gasteiger partial charge in [-0.3, -0.25) is 4.79 Å². The van der Waals surface area contributed by atoms with Crippen LogP contribution in [0.25, 0.3) is 0 Å². The van der Waals surface area contributed by atoms with E-state index >= 15 is 0 Å². The quantitative estimate of drug-likeness (QED) is 0.905. The minimum Gasteiger partial charge on any atom is -0.370 e. The van der Waals surface area contributed by atoms with Gasteiger partial charge in [0.1, 0.15) is 6.10 Å². The molecule has 8 heteroatoms. The summed E-state index contributed by atoms with van der Waals surface area (Å²) in [4.78, 5) is 13.7. The van der Waals surface area contributed by atoms with Crippen LogP contribution in [0, 0.1) is 0 Å². The molecule has 0 radical (unpaired) electrons. The third-order valence-corrected chi connectivity index (χ3v) is 3.59. The van der Waals surface area contributed by atoms with Crippen molar-refractivity contribution in [3.8, 4) is 0 Å². The van der Waals surface area contributed by atoms with Gasteiger partial charge in [-0.25, -0.2) is 0 Å². The monoisotopic (exact) mass is 352 g/mol. The largest absolute Gasteiger partial charge is 0.416 e. The summed E-state index contributed by atoms with van der Waals surface area (Å²) in [6.45, 7) is 1.65. The lowest BCUT2D eigenvalue weighted by Gasteiger charge is -2.33. The summed E-state index contributed by atoms with van der Waals surface area (Å²) in [7, 11) is 1.76. The first-order valence-corrected chi connectivity index (χ1v) is 7.13. The molecule has 1 amide bonds. The van der Waals surface area contributed by atoms with Crippen molar-refractivity contribution in [2.24, 2.45) is 0 Å². The van der Waals surface area contributed by atoms with E-state index in [2.05, 4.69) is 5.32 Å². The molecule has 1 aromatic carbocycles. The van der Waals surface area contributed by atoms with Gasteiger partial charge in [0.05, 0.1) is 18.7 Å². The first kappa shape index (κ1) is 19.7. The molecular weight excluding hydrogens is 333 g/mol. The highest BCUT2D eigenvalue weighted by Gasteiger charge is 2.32. The number of morpholine rings is 1. The zero-order chi connectivity index (χ0) is 16.2. The molecule has 0 bridgehead atoms. The zero-order valence-corrected chi connectivity index (χ0v) is 13.5. The van der Waals surface area contributed by atoms with E-state index in [1.807, 2.05) is 0 Å². The van der Waals surface area contributed by atoms with Gasteiger partial charge in [-0.15, -0.1) is 12.4 Å². The Labute approximate surface area is 139 Å². The van der Waals surface area contributed by atoms with E-state index in [1.54, 1.807) is 18.0 Å². The van der Waals surface area contributed by atoms with Crippen LogP contribution in [0.1, 0.15) is 23.7 Å². The van der Waals surface area contributed by atoms with E-state index in [0.717, 1.165) is 12.1 Å². The number of ether oxygens (including phenoxy) is 1. The summed E-state index contributed by atoms with van der Waals surface area (Å²) in [6, 6.07) is 5.08. The Hall–Kier alpha value is -1.31. The van der Waals surface area contributed by atoms with Crippen molar-refractivity contribution >= 4 is 18.3 Å². The molecule has 0 aliphatic carbocycles. The van der Waals surface area contributed by atoms with Crippen LogP contribution >= 0.6 is 12.4 Å². The highest BCUT2D eigenvalue weighted by molar-refractivity contribution is 5.85. The number of hydrogen-bond acceptors (Lipinski definition) is 3. The van der Waals surface area contributed by atoms with Gasteiger partial charge in [-0.1, -0.05) is 12.1 Å². The first-order valence-electron chi connectivity index (χ1n) is 7.13. The molecule has 0 saturated carbocycles. The van der Waals surface area contributed by atoms with E-state index in [9.17, 15) is 18.0 Å². The Morgan fingerprint density at radius 3 is 2.83 bits per heavy atom. The molecule has 1 N–H and O–H groups in total. The number of amides is 1. The van der Waals surface area contributed by atoms with E-state index in [1.165, 1.54) is 6.07 Å². The highest BCUT2D eigenvalue weighted by Crippen LogP contribution is 2.32. The molecule has 1 aliphatic rings. The summed E-state index contributed by atoms with van der Waals surface area (Å²) >= 11 is 0. The van der Waals surface area contributed by atoms with Gasteiger partial charge in [-0.05, 0) is 24.7 Å². The van der Waals surface area contributed by atoms with Crippen molar-refractivity contribution < 1.29 is 22.7 Å². The molecule has 4 nitrogen and oxygen atoms in total. The number of nitrogens with zero attached hydrogens (tertiary/aromatic N) is 1. The molecule has 23 heavy (non-hydrogen) atoms. The third kappa shape index (κ3) is 5.37. The summed E-state index contributed by atoms with van der Waals surface area (Å²) in [5.41, 5.74) is -0.256. The van der Waals surface area contributed by atoms with E-state index in [-0.39, 0.29) is 24.9 Å². The maximum absolute atomic E-state index is 12.8. The van der Waals surface area contributed by atoms with Crippen LogP contribution < -0.4 is 5.32 Å². The second-order valence-corrected chi connectivity index (χ2v) is 5.18. The second kappa shape index (κ2) is 8.52. The van der Waals surface area contributed by atoms with Crippen LogP contribution in [-0.4, -0.2) is 44.1 Å². The molecule has 1 heterocycles. The Balaban J connectivity index is 0.00000264. The van der Waals surface area contributed by atoms with Gasteiger partial charge in [0.15, 0.2) is 0 Å². The topological polar surface area (TPSA) is 41.6 Å². The third-order valence-electron chi connectivity index (χ3n) is 3.59. The minimum atomic E-state index is -4.38. The van der Waals surface area contributed by atoms with Crippen LogP contribution in [0.15, 0.2) is 24.3 Å². The summed E-state index contributed by atoms with van der Waals surface area (Å²) in [5.74, 6) is -0.0189. The second-order valence-electron chi connectivity index (χ2n) is 5.18. The van der Waals surface area contributed by atoms with E-state index in [0.29, 0.717) is 31.7 Å². The van der Waals surface area contributed by atoms with Crippen LogP contribution in [0.4, 0.5) is 13.2 Å². The number of rotatable bonds is 4. The Morgan fingerprint density at radius 1 is 1.43 bits per heavy atom. The molecule has 130 valence electrons. The van der Waals surface area contributed by atoms with Crippen LogP contribution in [0.2, 0.25) is 0 Å². The average molecular weight is 353 g/mol. The number of carbonyl (C=O) groups is 1. The maximum atomic E-state index is 12.8. The first-order chi connectivity index (χ1) is 10.4. The van der Waals surface area contributed by atoms with Gasteiger partial charge in [0.2, 0.25) is 5.91 Å². The molecule has 1 saturated heterocycles. The van der Waals surface area contributed by atoms with E-state index in [4.69, 9.17) is 4.74 Å². The lowest BCUT2D eigenvalue weighted by Crippen LogP contribution is -2.43. The van der Waals surface area contributed by atoms with Gasteiger partial charge >= 0.3 is 6.18 Å². The summed E-state index contributed by atoms with van der Waals surface area (Å²) in [5, 5.41) is 2.90. The predicted octanol–water partition coefficient (Wildman–Crippen LogP) is 2.64. The number of halogens is 4. The predicted molar refractivity (Wildman–Crippen MR) is 82.5 cm³/mol. The highest BCUT2D eigenvalue weighted by atomic mass is 35.5.